The van der Waals surface area contributed by atoms with E-state index in [9.17, 15) is 9.59 Å². The Kier molecular flexibility index (Phi) is 6.20. The standard InChI is InChI=1S/C21H18Cl2N6O3/c1-11(15-4-3-5-18(27-15)32-2)26-17(30)10-29-9-16-13(20(29)31)6-12(7-24-16)19-14(22)8-25-21(23)28-19/h3-8,11H,9-10H2,1-2H3,(H,26,30). The molecule has 1 N–H and O–H groups in total. The molecule has 1 aliphatic heterocycles. The van der Waals surface area contributed by atoms with E-state index >= 15 is 0 Å². The van der Waals surface area contributed by atoms with Gasteiger partial charge in [-0.2, -0.15) is 0 Å². The minimum absolute atomic E-state index is 0.0363. The Morgan fingerprint density at radius 2 is 2.06 bits per heavy atom. The lowest BCUT2D eigenvalue weighted by Gasteiger charge is -2.18. The third-order valence-electron chi connectivity index (χ3n) is 4.93. The fourth-order valence-electron chi connectivity index (χ4n) is 3.35. The van der Waals surface area contributed by atoms with Crippen LogP contribution >= 0.6 is 23.2 Å². The largest absolute Gasteiger partial charge is 0.481 e. The van der Waals surface area contributed by atoms with Gasteiger partial charge in [0.15, 0.2) is 0 Å². The molecule has 1 unspecified atom stereocenters. The number of carbonyl (C=O) groups excluding carboxylic acids is 2. The number of amides is 2. The normalized spacial score (nSPS) is 13.6. The summed E-state index contributed by atoms with van der Waals surface area (Å²) in [6.07, 6.45) is 2.95. The minimum Gasteiger partial charge on any atom is -0.481 e. The molecule has 0 fully saturated rings. The van der Waals surface area contributed by atoms with Gasteiger partial charge < -0.3 is 15.0 Å². The van der Waals surface area contributed by atoms with Crippen molar-refractivity contribution in [1.29, 1.82) is 0 Å². The first-order valence-electron chi connectivity index (χ1n) is 9.62. The molecule has 32 heavy (non-hydrogen) atoms. The molecule has 0 radical (unpaired) electrons. The summed E-state index contributed by atoms with van der Waals surface area (Å²) in [5.41, 5.74) is 2.54. The lowest BCUT2D eigenvalue weighted by molar-refractivity contribution is -0.122. The first kappa shape index (κ1) is 21.9. The molecule has 0 bridgehead atoms. The first-order valence-corrected chi connectivity index (χ1v) is 10.4. The Balaban J connectivity index is 1.45. The van der Waals surface area contributed by atoms with Crippen molar-refractivity contribution in [2.24, 2.45) is 0 Å². The van der Waals surface area contributed by atoms with Crippen molar-refractivity contribution in [2.45, 2.75) is 19.5 Å². The molecule has 4 heterocycles. The molecule has 0 saturated heterocycles. The summed E-state index contributed by atoms with van der Waals surface area (Å²) in [5.74, 6) is -0.150. The highest BCUT2D eigenvalue weighted by atomic mass is 35.5. The van der Waals surface area contributed by atoms with Crippen LogP contribution in [0.5, 0.6) is 5.88 Å². The van der Waals surface area contributed by atoms with Gasteiger partial charge in [-0.1, -0.05) is 17.7 Å². The lowest BCUT2D eigenvalue weighted by Crippen LogP contribution is -2.38. The van der Waals surface area contributed by atoms with Gasteiger partial charge in [-0.15, -0.1) is 0 Å². The van der Waals surface area contributed by atoms with Gasteiger partial charge in [0, 0.05) is 17.8 Å². The zero-order valence-electron chi connectivity index (χ0n) is 17.2. The van der Waals surface area contributed by atoms with Crippen LogP contribution in [0, 0.1) is 0 Å². The number of nitrogens with zero attached hydrogens (tertiary/aromatic N) is 5. The SMILES string of the molecule is COc1cccc(C(C)NC(=O)CN2Cc3ncc(-c4nc(Cl)ncc4Cl)cc3C2=O)n1. The molecule has 164 valence electrons. The molecule has 1 aliphatic rings. The Hall–Kier alpha value is -3.30. The predicted molar refractivity (Wildman–Crippen MR) is 117 cm³/mol. The second-order valence-electron chi connectivity index (χ2n) is 7.11. The van der Waals surface area contributed by atoms with E-state index in [2.05, 4.69) is 25.3 Å². The van der Waals surface area contributed by atoms with Crippen molar-refractivity contribution < 1.29 is 14.3 Å². The molecule has 3 aromatic heterocycles. The zero-order valence-corrected chi connectivity index (χ0v) is 18.7. The Labute approximate surface area is 193 Å². The first-order chi connectivity index (χ1) is 15.4. The van der Waals surface area contributed by atoms with E-state index in [4.69, 9.17) is 27.9 Å². The summed E-state index contributed by atoms with van der Waals surface area (Å²) >= 11 is 12.0. The Morgan fingerprint density at radius 3 is 2.84 bits per heavy atom. The monoisotopic (exact) mass is 472 g/mol. The maximum absolute atomic E-state index is 12.9. The van der Waals surface area contributed by atoms with E-state index in [0.29, 0.717) is 34.1 Å². The lowest BCUT2D eigenvalue weighted by atomic mass is 10.1. The van der Waals surface area contributed by atoms with Gasteiger partial charge in [-0.3, -0.25) is 14.6 Å². The summed E-state index contributed by atoms with van der Waals surface area (Å²) in [7, 11) is 1.53. The van der Waals surface area contributed by atoms with Crippen LogP contribution in [0.15, 0.2) is 36.7 Å². The van der Waals surface area contributed by atoms with E-state index in [1.165, 1.54) is 18.2 Å². The van der Waals surface area contributed by atoms with Crippen LogP contribution in [0.25, 0.3) is 11.3 Å². The fraction of sp³-hybridized carbons (Fsp3) is 0.238. The van der Waals surface area contributed by atoms with Crippen molar-refractivity contribution in [3.05, 3.63) is 63.9 Å². The molecule has 2 amide bonds. The highest BCUT2D eigenvalue weighted by Crippen LogP contribution is 2.30. The van der Waals surface area contributed by atoms with Gasteiger partial charge in [-0.05, 0) is 30.7 Å². The van der Waals surface area contributed by atoms with Crippen molar-refractivity contribution in [2.75, 3.05) is 13.7 Å². The number of nitrogens with one attached hydrogen (secondary N) is 1. The number of halogens is 2. The van der Waals surface area contributed by atoms with Gasteiger partial charge >= 0.3 is 0 Å². The molecule has 0 aliphatic carbocycles. The quantitative estimate of drug-likeness (QED) is 0.548. The van der Waals surface area contributed by atoms with E-state index < -0.39 is 0 Å². The number of hydrogen-bond donors (Lipinski definition) is 1. The van der Waals surface area contributed by atoms with E-state index in [-0.39, 0.29) is 41.3 Å². The second kappa shape index (κ2) is 9.05. The van der Waals surface area contributed by atoms with E-state index in [1.54, 1.807) is 30.5 Å². The van der Waals surface area contributed by atoms with Crippen molar-refractivity contribution >= 4 is 35.0 Å². The molecule has 9 nitrogen and oxygen atoms in total. The maximum atomic E-state index is 12.9. The number of fused-ring (bicyclic) bond motifs is 1. The number of rotatable bonds is 6. The van der Waals surface area contributed by atoms with Gasteiger partial charge in [0.1, 0.15) is 6.54 Å². The number of pyridine rings is 2. The third-order valence-corrected chi connectivity index (χ3v) is 5.39. The van der Waals surface area contributed by atoms with Crippen LogP contribution in [0.3, 0.4) is 0 Å². The van der Waals surface area contributed by atoms with Crippen LogP contribution in [0.2, 0.25) is 10.3 Å². The van der Waals surface area contributed by atoms with Gasteiger partial charge in [0.2, 0.25) is 17.1 Å². The van der Waals surface area contributed by atoms with Crippen molar-refractivity contribution in [3.63, 3.8) is 0 Å². The predicted octanol–water partition coefficient (Wildman–Crippen LogP) is 3.08. The minimum atomic E-state index is -0.355. The smallest absolute Gasteiger partial charge is 0.256 e. The molecule has 0 saturated carbocycles. The second-order valence-corrected chi connectivity index (χ2v) is 7.85. The van der Waals surface area contributed by atoms with Crippen LogP contribution in [-0.2, 0) is 11.3 Å². The van der Waals surface area contributed by atoms with Gasteiger partial charge in [-0.25, -0.2) is 15.0 Å². The van der Waals surface area contributed by atoms with Gasteiger partial charge in [0.05, 0.1) is 53.6 Å². The Morgan fingerprint density at radius 1 is 1.25 bits per heavy atom. The van der Waals surface area contributed by atoms with Crippen LogP contribution in [0.4, 0.5) is 0 Å². The molecule has 11 heteroatoms. The summed E-state index contributed by atoms with van der Waals surface area (Å²) < 4.78 is 5.12. The topological polar surface area (TPSA) is 110 Å². The molecular weight excluding hydrogens is 455 g/mol. The average molecular weight is 473 g/mol. The molecular formula is C21H18Cl2N6O3. The number of methoxy groups -OCH3 is 1. The molecule has 0 aromatic carbocycles. The van der Waals surface area contributed by atoms with Crippen LogP contribution < -0.4 is 10.1 Å². The average Bonchev–Trinajstić information content (AvgIpc) is 3.09. The van der Waals surface area contributed by atoms with Crippen LogP contribution in [0.1, 0.15) is 34.7 Å². The fourth-order valence-corrected chi connectivity index (χ4v) is 3.69. The molecule has 4 rings (SSSR count). The molecule has 3 aromatic rings. The number of hydrogen-bond acceptors (Lipinski definition) is 7. The highest BCUT2D eigenvalue weighted by Gasteiger charge is 2.31. The van der Waals surface area contributed by atoms with Gasteiger partial charge in [0.25, 0.3) is 5.91 Å². The van der Waals surface area contributed by atoms with Crippen molar-refractivity contribution in [3.8, 4) is 17.1 Å². The summed E-state index contributed by atoms with van der Waals surface area (Å²) in [4.78, 5) is 43.5. The Bertz CT molecular complexity index is 1210. The van der Waals surface area contributed by atoms with Crippen molar-refractivity contribution in [1.82, 2.24) is 30.2 Å². The highest BCUT2D eigenvalue weighted by molar-refractivity contribution is 6.33. The summed E-state index contributed by atoms with van der Waals surface area (Å²) in [6.45, 7) is 1.93. The third kappa shape index (κ3) is 4.49. The number of carbonyl (C=O) groups is 2. The van der Waals surface area contributed by atoms with Crippen LogP contribution in [-0.4, -0.2) is 50.3 Å². The number of aromatic nitrogens is 4. The summed E-state index contributed by atoms with van der Waals surface area (Å²) in [6, 6.07) is 6.61. The van der Waals surface area contributed by atoms with E-state index in [0.717, 1.165) is 0 Å². The number of ether oxygens (including phenoxy) is 1. The molecule has 1 atom stereocenters. The maximum Gasteiger partial charge on any atom is 0.256 e. The molecule has 0 spiro atoms. The zero-order chi connectivity index (χ0) is 22.8. The van der Waals surface area contributed by atoms with E-state index in [1.807, 2.05) is 6.92 Å². The summed E-state index contributed by atoms with van der Waals surface area (Å²) in [5, 5.41) is 3.18.